The predicted molar refractivity (Wildman–Crippen MR) is 57.2 cm³/mol. The molecule has 2 heteroatoms. The van der Waals surface area contributed by atoms with Crippen molar-refractivity contribution >= 4 is 22.9 Å². The molecular weight excluding hydrogens is 188 g/mol. The molecular formula is C10H15ClS. The summed E-state index contributed by atoms with van der Waals surface area (Å²) in [7, 11) is 0. The molecule has 68 valence electrons. The van der Waals surface area contributed by atoms with Crippen LogP contribution in [-0.4, -0.2) is 0 Å². The Morgan fingerprint density at radius 1 is 1.50 bits per heavy atom. The number of hydrogen-bond acceptors (Lipinski definition) is 1. The van der Waals surface area contributed by atoms with E-state index in [4.69, 9.17) is 11.6 Å². The lowest BCUT2D eigenvalue weighted by Crippen LogP contribution is -1.85. The summed E-state index contributed by atoms with van der Waals surface area (Å²) in [6.07, 6.45) is 3.57. The first kappa shape index (κ1) is 10.1. The third kappa shape index (κ3) is 2.80. The molecule has 1 unspecified atom stereocenters. The number of thiophene rings is 1. The zero-order valence-electron chi connectivity index (χ0n) is 7.64. The molecule has 0 spiro atoms. The average molecular weight is 203 g/mol. The molecule has 1 atom stereocenters. The lowest BCUT2D eigenvalue weighted by Gasteiger charge is -2.04. The van der Waals surface area contributed by atoms with Crippen LogP contribution in [0, 0.1) is 6.92 Å². The van der Waals surface area contributed by atoms with E-state index in [1.807, 2.05) is 11.3 Å². The second-order valence-electron chi connectivity index (χ2n) is 3.06. The Morgan fingerprint density at radius 3 is 2.75 bits per heavy atom. The molecule has 0 bridgehead atoms. The summed E-state index contributed by atoms with van der Waals surface area (Å²) < 4.78 is 0. The second kappa shape index (κ2) is 4.88. The highest BCUT2D eigenvalue weighted by atomic mass is 35.5. The Morgan fingerprint density at radius 2 is 2.25 bits per heavy atom. The topological polar surface area (TPSA) is 0 Å². The fourth-order valence-electron chi connectivity index (χ4n) is 1.15. The first-order chi connectivity index (χ1) is 5.74. The highest BCUT2D eigenvalue weighted by molar-refractivity contribution is 7.12. The van der Waals surface area contributed by atoms with E-state index < -0.39 is 0 Å². The Kier molecular flexibility index (Phi) is 4.10. The predicted octanol–water partition coefficient (Wildman–Crippen LogP) is 4.53. The summed E-state index contributed by atoms with van der Waals surface area (Å²) in [5, 5.41) is 0.239. The molecule has 0 saturated heterocycles. The van der Waals surface area contributed by atoms with Gasteiger partial charge in [-0.1, -0.05) is 19.8 Å². The van der Waals surface area contributed by atoms with Crippen molar-refractivity contribution in [3.63, 3.8) is 0 Å². The fourth-order valence-corrected chi connectivity index (χ4v) is 2.40. The maximum atomic E-state index is 6.21. The van der Waals surface area contributed by atoms with E-state index in [0.29, 0.717) is 0 Å². The van der Waals surface area contributed by atoms with E-state index in [0.717, 1.165) is 6.42 Å². The van der Waals surface area contributed by atoms with Crippen LogP contribution >= 0.6 is 22.9 Å². The van der Waals surface area contributed by atoms with Gasteiger partial charge in [0.05, 0.1) is 5.38 Å². The summed E-state index contributed by atoms with van der Waals surface area (Å²) in [6, 6.07) is 4.29. The molecule has 0 saturated carbocycles. The maximum Gasteiger partial charge on any atom is 0.0678 e. The van der Waals surface area contributed by atoms with Gasteiger partial charge >= 0.3 is 0 Å². The molecule has 1 aromatic heterocycles. The zero-order valence-corrected chi connectivity index (χ0v) is 9.21. The van der Waals surface area contributed by atoms with Crippen molar-refractivity contribution in [2.75, 3.05) is 0 Å². The SMILES string of the molecule is CCCCC(Cl)c1ccc(C)s1. The van der Waals surface area contributed by atoms with Crippen LogP contribution < -0.4 is 0 Å². The quantitative estimate of drug-likeness (QED) is 0.630. The van der Waals surface area contributed by atoms with Crippen molar-refractivity contribution in [2.45, 2.75) is 38.5 Å². The number of unbranched alkanes of at least 4 members (excludes halogenated alkanes) is 1. The van der Waals surface area contributed by atoms with E-state index in [1.165, 1.54) is 22.6 Å². The first-order valence-electron chi connectivity index (χ1n) is 4.44. The van der Waals surface area contributed by atoms with Gasteiger partial charge in [-0.25, -0.2) is 0 Å². The van der Waals surface area contributed by atoms with Gasteiger partial charge in [-0.2, -0.15) is 0 Å². The van der Waals surface area contributed by atoms with Gasteiger partial charge in [0, 0.05) is 9.75 Å². The number of rotatable bonds is 4. The maximum absolute atomic E-state index is 6.21. The van der Waals surface area contributed by atoms with Gasteiger partial charge in [-0.15, -0.1) is 22.9 Å². The highest BCUT2D eigenvalue weighted by Crippen LogP contribution is 2.31. The lowest BCUT2D eigenvalue weighted by atomic mass is 10.2. The van der Waals surface area contributed by atoms with E-state index in [9.17, 15) is 0 Å². The van der Waals surface area contributed by atoms with Gasteiger partial charge in [0.2, 0.25) is 0 Å². The van der Waals surface area contributed by atoms with Crippen molar-refractivity contribution in [1.29, 1.82) is 0 Å². The standard InChI is InChI=1S/C10H15ClS/c1-3-4-5-9(11)10-7-6-8(2)12-10/h6-7,9H,3-5H2,1-2H3. The van der Waals surface area contributed by atoms with Gasteiger partial charge in [-0.3, -0.25) is 0 Å². The van der Waals surface area contributed by atoms with Crippen LogP contribution in [0.25, 0.3) is 0 Å². The summed E-state index contributed by atoms with van der Waals surface area (Å²) >= 11 is 8.02. The second-order valence-corrected chi connectivity index (χ2v) is 4.90. The molecule has 0 amide bonds. The van der Waals surface area contributed by atoms with E-state index in [-0.39, 0.29) is 5.38 Å². The van der Waals surface area contributed by atoms with Crippen LogP contribution in [-0.2, 0) is 0 Å². The van der Waals surface area contributed by atoms with E-state index in [2.05, 4.69) is 26.0 Å². The monoisotopic (exact) mass is 202 g/mol. The number of halogens is 1. The Labute approximate surface area is 83.6 Å². The van der Waals surface area contributed by atoms with Crippen molar-refractivity contribution in [3.8, 4) is 0 Å². The van der Waals surface area contributed by atoms with Crippen LogP contribution in [0.1, 0.15) is 41.3 Å². The summed E-state index contributed by atoms with van der Waals surface area (Å²) in [5.41, 5.74) is 0. The third-order valence-corrected chi connectivity index (χ3v) is 3.58. The van der Waals surface area contributed by atoms with E-state index >= 15 is 0 Å². The molecule has 1 rings (SSSR count). The van der Waals surface area contributed by atoms with Gasteiger partial charge in [0.25, 0.3) is 0 Å². The van der Waals surface area contributed by atoms with Crippen molar-refractivity contribution < 1.29 is 0 Å². The van der Waals surface area contributed by atoms with Gasteiger partial charge in [-0.05, 0) is 25.5 Å². The normalized spacial score (nSPS) is 13.2. The van der Waals surface area contributed by atoms with Crippen LogP contribution in [0.15, 0.2) is 12.1 Å². The molecule has 0 N–H and O–H groups in total. The Bertz CT molecular complexity index is 229. The van der Waals surface area contributed by atoms with Gasteiger partial charge in [0.15, 0.2) is 0 Å². The molecule has 0 fully saturated rings. The minimum absolute atomic E-state index is 0.239. The van der Waals surface area contributed by atoms with Crippen molar-refractivity contribution in [3.05, 3.63) is 21.9 Å². The highest BCUT2D eigenvalue weighted by Gasteiger charge is 2.08. The molecule has 1 aromatic rings. The Hall–Kier alpha value is -0.0100. The van der Waals surface area contributed by atoms with Crippen LogP contribution in [0.3, 0.4) is 0 Å². The van der Waals surface area contributed by atoms with Crippen LogP contribution in [0.5, 0.6) is 0 Å². The molecule has 0 nitrogen and oxygen atoms in total. The number of hydrogen-bond donors (Lipinski definition) is 0. The third-order valence-electron chi connectivity index (χ3n) is 1.88. The van der Waals surface area contributed by atoms with Crippen LogP contribution in [0.4, 0.5) is 0 Å². The minimum atomic E-state index is 0.239. The fraction of sp³-hybridized carbons (Fsp3) is 0.600. The molecule has 12 heavy (non-hydrogen) atoms. The number of aryl methyl sites for hydroxylation is 1. The average Bonchev–Trinajstić information content (AvgIpc) is 2.47. The molecule has 0 radical (unpaired) electrons. The van der Waals surface area contributed by atoms with Crippen molar-refractivity contribution in [1.82, 2.24) is 0 Å². The summed E-state index contributed by atoms with van der Waals surface area (Å²) in [4.78, 5) is 2.68. The van der Waals surface area contributed by atoms with Crippen molar-refractivity contribution in [2.24, 2.45) is 0 Å². The molecule has 0 aromatic carbocycles. The lowest BCUT2D eigenvalue weighted by molar-refractivity contribution is 0.707. The smallest absolute Gasteiger partial charge is 0.0678 e. The largest absolute Gasteiger partial charge is 0.144 e. The number of alkyl halides is 1. The van der Waals surface area contributed by atoms with Gasteiger partial charge < -0.3 is 0 Å². The van der Waals surface area contributed by atoms with Crippen LogP contribution in [0.2, 0.25) is 0 Å². The summed E-state index contributed by atoms with van der Waals surface area (Å²) in [6.45, 7) is 4.32. The summed E-state index contributed by atoms with van der Waals surface area (Å²) in [5.74, 6) is 0. The first-order valence-corrected chi connectivity index (χ1v) is 5.69. The minimum Gasteiger partial charge on any atom is -0.144 e. The zero-order chi connectivity index (χ0) is 8.97. The molecule has 0 aliphatic rings. The van der Waals surface area contributed by atoms with Gasteiger partial charge in [0.1, 0.15) is 0 Å². The molecule has 1 heterocycles. The van der Waals surface area contributed by atoms with E-state index in [1.54, 1.807) is 0 Å². The molecule has 0 aliphatic heterocycles. The molecule has 0 aliphatic carbocycles. The Balaban J connectivity index is 2.47.